The maximum atomic E-state index is 14.8. The molecule has 0 unspecified atom stereocenters. The standard InChI is InChI=1S/C30H31F21O/c1-2-3-4-5-6-7-16-52-20-14-10-18(11-15-20)17-8-12-19(13-9-17)21(31,32)22(33,34)23(35,36)24(37,38)25(39,40)26(41,42)27(43,44)28(45,46)29(47,48)30(49,50)51/h10-11,14-15,17,19H,2-9,12-13,16H2,1H3/t17-,19-. The van der Waals surface area contributed by atoms with Crippen molar-refractivity contribution in [3.63, 3.8) is 0 Å². The molecule has 1 fully saturated rings. The van der Waals surface area contributed by atoms with Crippen molar-refractivity contribution in [2.45, 2.75) is 137 Å². The largest absolute Gasteiger partial charge is 0.494 e. The molecule has 52 heavy (non-hydrogen) atoms. The van der Waals surface area contributed by atoms with Crippen LogP contribution in [0.2, 0.25) is 0 Å². The number of hydrogen-bond donors (Lipinski definition) is 0. The van der Waals surface area contributed by atoms with Gasteiger partial charge in [-0.3, -0.25) is 0 Å². The molecule has 0 saturated heterocycles. The Hall–Kier alpha value is -2.45. The smallest absolute Gasteiger partial charge is 0.460 e. The van der Waals surface area contributed by atoms with Crippen molar-refractivity contribution in [2.75, 3.05) is 6.61 Å². The highest BCUT2D eigenvalue weighted by atomic mass is 19.4. The first kappa shape index (κ1) is 45.7. The van der Waals surface area contributed by atoms with Gasteiger partial charge in [0.25, 0.3) is 0 Å². The van der Waals surface area contributed by atoms with Gasteiger partial charge in [0.15, 0.2) is 0 Å². The number of ether oxygens (including phenoxy) is 1. The quantitative estimate of drug-likeness (QED) is 0.106. The summed E-state index contributed by atoms with van der Waals surface area (Å²) in [6, 6.07) is 5.75. The average Bonchev–Trinajstić information content (AvgIpc) is 3.03. The maximum absolute atomic E-state index is 14.8. The first-order valence-corrected chi connectivity index (χ1v) is 15.5. The molecule has 1 aromatic rings. The molecule has 1 aliphatic carbocycles. The van der Waals surface area contributed by atoms with E-state index in [4.69, 9.17) is 4.74 Å². The summed E-state index contributed by atoms with van der Waals surface area (Å²) in [4.78, 5) is 0. The third-order valence-corrected chi connectivity index (χ3v) is 8.89. The van der Waals surface area contributed by atoms with Gasteiger partial charge in [-0.05, 0) is 55.7 Å². The normalized spacial score (nSPS) is 19.6. The van der Waals surface area contributed by atoms with Crippen molar-refractivity contribution in [1.82, 2.24) is 0 Å². The molecule has 1 aromatic carbocycles. The molecule has 1 saturated carbocycles. The third-order valence-electron chi connectivity index (χ3n) is 8.89. The Kier molecular flexibility index (Phi) is 13.2. The Morgan fingerprint density at radius 2 is 0.827 bits per heavy atom. The van der Waals surface area contributed by atoms with Gasteiger partial charge in [-0.1, -0.05) is 51.2 Å². The van der Waals surface area contributed by atoms with Crippen LogP contribution in [-0.4, -0.2) is 66.1 Å². The van der Waals surface area contributed by atoms with E-state index >= 15 is 0 Å². The molecular formula is C30H31F21O. The lowest BCUT2D eigenvalue weighted by molar-refractivity contribution is -0.475. The third kappa shape index (κ3) is 7.46. The summed E-state index contributed by atoms with van der Waals surface area (Å²) in [7, 11) is 0. The summed E-state index contributed by atoms with van der Waals surface area (Å²) in [5, 5.41) is 0. The fraction of sp³-hybridized carbons (Fsp3) is 0.800. The molecule has 0 atom stereocenters. The minimum Gasteiger partial charge on any atom is -0.494 e. The van der Waals surface area contributed by atoms with Crippen LogP contribution in [0.3, 0.4) is 0 Å². The lowest BCUT2D eigenvalue weighted by Gasteiger charge is -2.46. The van der Waals surface area contributed by atoms with E-state index in [0.29, 0.717) is 17.9 Å². The van der Waals surface area contributed by atoms with Crippen LogP contribution in [0.5, 0.6) is 5.75 Å². The van der Waals surface area contributed by atoms with Gasteiger partial charge in [-0.15, -0.1) is 0 Å². The van der Waals surface area contributed by atoms with Crippen LogP contribution in [-0.2, 0) is 0 Å². The second-order valence-electron chi connectivity index (χ2n) is 12.4. The van der Waals surface area contributed by atoms with Crippen LogP contribution in [0, 0.1) is 5.92 Å². The molecule has 0 spiro atoms. The topological polar surface area (TPSA) is 9.23 Å². The highest BCUT2D eigenvalue weighted by Gasteiger charge is 2.98. The highest BCUT2D eigenvalue weighted by Crippen LogP contribution is 2.67. The van der Waals surface area contributed by atoms with Crippen molar-refractivity contribution in [3.8, 4) is 5.75 Å². The lowest BCUT2D eigenvalue weighted by Crippen LogP contribution is -2.77. The summed E-state index contributed by atoms with van der Waals surface area (Å²) >= 11 is 0. The zero-order valence-corrected chi connectivity index (χ0v) is 26.6. The van der Waals surface area contributed by atoms with Crippen molar-refractivity contribution in [1.29, 1.82) is 0 Å². The van der Waals surface area contributed by atoms with Gasteiger partial charge in [0.1, 0.15) is 5.75 Å². The van der Waals surface area contributed by atoms with Gasteiger partial charge >= 0.3 is 59.5 Å². The Labute approximate surface area is 282 Å². The van der Waals surface area contributed by atoms with Crippen molar-refractivity contribution in [2.24, 2.45) is 5.92 Å². The predicted molar refractivity (Wildman–Crippen MR) is 141 cm³/mol. The highest BCUT2D eigenvalue weighted by molar-refractivity contribution is 5.30. The number of hydrogen-bond acceptors (Lipinski definition) is 1. The van der Waals surface area contributed by atoms with Gasteiger partial charge in [-0.25, -0.2) is 0 Å². The Balaban J connectivity index is 2.26. The molecule has 22 heteroatoms. The molecule has 0 aromatic heterocycles. The Morgan fingerprint density at radius 3 is 1.23 bits per heavy atom. The fourth-order valence-corrected chi connectivity index (χ4v) is 5.52. The van der Waals surface area contributed by atoms with Crippen LogP contribution in [0.15, 0.2) is 24.3 Å². The molecule has 2 rings (SSSR count). The number of unbranched alkanes of at least 4 members (excludes halogenated alkanes) is 5. The molecule has 0 N–H and O–H groups in total. The summed E-state index contributed by atoms with van der Waals surface area (Å²) in [5.74, 6) is -80.1. The van der Waals surface area contributed by atoms with Gasteiger partial charge < -0.3 is 4.74 Å². The molecule has 0 bridgehead atoms. The molecule has 0 amide bonds. The lowest BCUT2D eigenvalue weighted by atomic mass is 9.73. The zero-order valence-electron chi connectivity index (χ0n) is 26.6. The van der Waals surface area contributed by atoms with E-state index in [1.165, 1.54) is 24.3 Å². The van der Waals surface area contributed by atoms with E-state index in [0.717, 1.165) is 38.5 Å². The van der Waals surface area contributed by atoms with E-state index < -0.39 is 97.0 Å². The van der Waals surface area contributed by atoms with E-state index in [2.05, 4.69) is 0 Å². The number of halogens is 21. The van der Waals surface area contributed by atoms with E-state index in [1.807, 2.05) is 6.92 Å². The second-order valence-corrected chi connectivity index (χ2v) is 12.4. The maximum Gasteiger partial charge on any atom is 0.460 e. The van der Waals surface area contributed by atoms with Crippen LogP contribution in [0.4, 0.5) is 92.2 Å². The minimum absolute atomic E-state index is 0.343. The molecule has 0 aliphatic heterocycles. The zero-order chi connectivity index (χ0) is 40.6. The summed E-state index contributed by atoms with van der Waals surface area (Å²) in [6.07, 6.45) is -5.84. The van der Waals surface area contributed by atoms with Gasteiger partial charge in [0, 0.05) is 5.92 Å². The average molecular weight is 807 g/mol. The van der Waals surface area contributed by atoms with E-state index in [-0.39, 0.29) is 0 Å². The van der Waals surface area contributed by atoms with E-state index in [1.54, 1.807) is 0 Å². The monoisotopic (exact) mass is 806 g/mol. The Morgan fingerprint density at radius 1 is 0.462 bits per heavy atom. The molecule has 304 valence electrons. The van der Waals surface area contributed by atoms with Crippen LogP contribution < -0.4 is 4.74 Å². The second kappa shape index (κ2) is 15.0. The summed E-state index contributed by atoms with van der Waals surface area (Å²) in [5.41, 5.74) is 0.369. The molecule has 0 radical (unpaired) electrons. The number of alkyl halides is 21. The molecule has 1 nitrogen and oxygen atoms in total. The SMILES string of the molecule is CCCCCCCCOc1ccc([C@H]2CC[C@H](C(F)(F)C(F)(F)C(F)(F)C(F)(F)C(F)(F)C(F)(F)C(F)(F)C(F)(F)C(F)(F)C(F)(F)F)CC2)cc1. The Bertz CT molecular complexity index is 1290. The first-order valence-electron chi connectivity index (χ1n) is 15.5. The van der Waals surface area contributed by atoms with Crippen LogP contribution in [0.1, 0.15) is 82.6 Å². The van der Waals surface area contributed by atoms with Crippen molar-refractivity contribution in [3.05, 3.63) is 29.8 Å². The van der Waals surface area contributed by atoms with Crippen LogP contribution in [0.25, 0.3) is 0 Å². The van der Waals surface area contributed by atoms with Gasteiger partial charge in [-0.2, -0.15) is 92.2 Å². The molecular weight excluding hydrogens is 775 g/mol. The van der Waals surface area contributed by atoms with Crippen molar-refractivity contribution >= 4 is 0 Å². The summed E-state index contributed by atoms with van der Waals surface area (Å²) < 4.78 is 294. The molecule has 0 heterocycles. The minimum atomic E-state index is -9.16. The number of benzene rings is 1. The predicted octanol–water partition coefficient (Wildman–Crippen LogP) is 13.0. The van der Waals surface area contributed by atoms with E-state index in [9.17, 15) is 92.2 Å². The van der Waals surface area contributed by atoms with Crippen molar-refractivity contribution < 1.29 is 96.9 Å². The fourth-order valence-electron chi connectivity index (χ4n) is 5.52. The molecule has 1 aliphatic rings. The first-order chi connectivity index (χ1) is 23.3. The summed E-state index contributed by atoms with van der Waals surface area (Å²) in [6.45, 7) is 2.39. The van der Waals surface area contributed by atoms with Crippen LogP contribution >= 0.6 is 0 Å². The van der Waals surface area contributed by atoms with Gasteiger partial charge in [0.2, 0.25) is 0 Å². The van der Waals surface area contributed by atoms with Gasteiger partial charge in [0.05, 0.1) is 6.61 Å². The number of rotatable bonds is 18.